The first-order chi connectivity index (χ1) is 9.97. The van der Waals surface area contributed by atoms with Gasteiger partial charge >= 0.3 is 0 Å². The van der Waals surface area contributed by atoms with Crippen molar-refractivity contribution in [3.8, 4) is 5.75 Å². The first-order valence-corrected chi connectivity index (χ1v) is 8.67. The second kappa shape index (κ2) is 7.61. The molecule has 0 bridgehead atoms. The second-order valence-electron chi connectivity index (χ2n) is 6.29. The van der Waals surface area contributed by atoms with Crippen molar-refractivity contribution in [3.05, 3.63) is 28.2 Å². The molecule has 1 saturated heterocycles. The zero-order chi connectivity index (χ0) is 15.4. The van der Waals surface area contributed by atoms with Gasteiger partial charge in [0.25, 0.3) is 0 Å². The molecule has 1 aromatic rings. The van der Waals surface area contributed by atoms with Gasteiger partial charge in [0.15, 0.2) is 0 Å². The van der Waals surface area contributed by atoms with E-state index in [2.05, 4.69) is 65.6 Å². The molecule has 0 amide bonds. The fourth-order valence-electron chi connectivity index (χ4n) is 2.72. The summed E-state index contributed by atoms with van der Waals surface area (Å²) in [7, 11) is 0. The highest BCUT2D eigenvalue weighted by Gasteiger charge is 2.20. The van der Waals surface area contributed by atoms with E-state index in [0.29, 0.717) is 6.04 Å². The molecule has 21 heavy (non-hydrogen) atoms. The summed E-state index contributed by atoms with van der Waals surface area (Å²) in [5.74, 6) is 1.01. The Bertz CT molecular complexity index is 454. The van der Waals surface area contributed by atoms with Crippen LogP contribution < -0.4 is 4.74 Å². The van der Waals surface area contributed by atoms with Gasteiger partial charge in [0, 0.05) is 48.8 Å². The van der Waals surface area contributed by atoms with E-state index in [0.717, 1.165) is 42.9 Å². The summed E-state index contributed by atoms with van der Waals surface area (Å²) in [5.41, 5.74) is 1.27. The zero-order valence-corrected chi connectivity index (χ0v) is 15.2. The first-order valence-electron chi connectivity index (χ1n) is 7.88. The lowest BCUT2D eigenvalue weighted by Crippen LogP contribution is -2.48. The van der Waals surface area contributed by atoms with Gasteiger partial charge < -0.3 is 4.74 Å². The Morgan fingerprint density at radius 2 is 1.76 bits per heavy atom. The molecule has 0 spiro atoms. The fourth-order valence-corrected chi connectivity index (χ4v) is 3.19. The third kappa shape index (κ3) is 4.70. The van der Waals surface area contributed by atoms with Gasteiger partial charge in [-0.25, -0.2) is 0 Å². The maximum absolute atomic E-state index is 5.96. The maximum atomic E-state index is 5.96. The van der Waals surface area contributed by atoms with Crippen LogP contribution in [-0.4, -0.2) is 48.1 Å². The topological polar surface area (TPSA) is 15.7 Å². The molecule has 1 heterocycles. The summed E-state index contributed by atoms with van der Waals surface area (Å²) >= 11 is 3.68. The highest BCUT2D eigenvalue weighted by molar-refractivity contribution is 9.10. The van der Waals surface area contributed by atoms with Gasteiger partial charge in [-0.2, -0.15) is 0 Å². The van der Waals surface area contributed by atoms with Crippen molar-refractivity contribution in [3.63, 3.8) is 0 Å². The number of halogens is 1. The van der Waals surface area contributed by atoms with Gasteiger partial charge in [-0.15, -0.1) is 0 Å². The second-order valence-corrected chi connectivity index (χ2v) is 7.14. The van der Waals surface area contributed by atoms with Gasteiger partial charge in [-0.05, 0) is 39.8 Å². The Kier molecular flexibility index (Phi) is 6.08. The predicted octanol–water partition coefficient (Wildman–Crippen LogP) is 3.76. The van der Waals surface area contributed by atoms with Crippen molar-refractivity contribution in [2.45, 2.75) is 46.4 Å². The van der Waals surface area contributed by atoms with Crippen LogP contribution in [0.5, 0.6) is 5.75 Å². The van der Waals surface area contributed by atoms with Crippen LogP contribution >= 0.6 is 15.9 Å². The molecule has 2 rings (SSSR count). The molecule has 0 aliphatic carbocycles. The number of hydrogen-bond acceptors (Lipinski definition) is 3. The van der Waals surface area contributed by atoms with Gasteiger partial charge in [0.2, 0.25) is 0 Å². The largest absolute Gasteiger partial charge is 0.491 e. The Hall–Kier alpha value is -0.580. The van der Waals surface area contributed by atoms with Crippen LogP contribution in [0, 0.1) is 0 Å². The molecule has 3 nitrogen and oxygen atoms in total. The number of benzene rings is 1. The van der Waals surface area contributed by atoms with Crippen molar-refractivity contribution >= 4 is 15.9 Å². The lowest BCUT2D eigenvalue weighted by molar-refractivity contribution is 0.102. The van der Waals surface area contributed by atoms with E-state index in [1.165, 1.54) is 5.56 Å². The first kappa shape index (κ1) is 16.8. The number of ether oxygens (including phenoxy) is 1. The van der Waals surface area contributed by atoms with Crippen LogP contribution in [0.1, 0.15) is 33.3 Å². The van der Waals surface area contributed by atoms with E-state index in [-0.39, 0.29) is 6.10 Å². The molecule has 1 aromatic carbocycles. The molecule has 1 aliphatic heterocycles. The highest BCUT2D eigenvalue weighted by Crippen LogP contribution is 2.29. The van der Waals surface area contributed by atoms with Crippen molar-refractivity contribution in [2.24, 2.45) is 0 Å². The average molecular weight is 355 g/mol. The van der Waals surface area contributed by atoms with E-state index in [1.54, 1.807) is 0 Å². The molecule has 1 aliphatic rings. The molecular formula is C17H27BrN2O. The van der Waals surface area contributed by atoms with Gasteiger partial charge in [-0.3, -0.25) is 9.80 Å². The van der Waals surface area contributed by atoms with Crippen LogP contribution in [0.3, 0.4) is 0 Å². The molecule has 0 unspecified atom stereocenters. The molecule has 0 atom stereocenters. The zero-order valence-electron chi connectivity index (χ0n) is 13.6. The van der Waals surface area contributed by atoms with Crippen LogP contribution in [-0.2, 0) is 6.54 Å². The van der Waals surface area contributed by atoms with Gasteiger partial charge in [0.05, 0.1) is 6.10 Å². The molecule has 0 N–H and O–H groups in total. The molecule has 0 saturated carbocycles. The summed E-state index contributed by atoms with van der Waals surface area (Å²) < 4.78 is 7.11. The molecular weight excluding hydrogens is 328 g/mol. The molecule has 0 radical (unpaired) electrons. The highest BCUT2D eigenvalue weighted by atomic mass is 79.9. The van der Waals surface area contributed by atoms with E-state index >= 15 is 0 Å². The van der Waals surface area contributed by atoms with Crippen LogP contribution in [0.15, 0.2) is 22.7 Å². The average Bonchev–Trinajstić information content (AvgIpc) is 2.42. The van der Waals surface area contributed by atoms with Gasteiger partial charge in [-0.1, -0.05) is 22.0 Å². The van der Waals surface area contributed by atoms with Crippen molar-refractivity contribution in [1.82, 2.24) is 9.80 Å². The summed E-state index contributed by atoms with van der Waals surface area (Å²) in [6, 6.07) is 6.87. The Balaban J connectivity index is 2.03. The Labute approximate surface area is 137 Å². The Morgan fingerprint density at radius 3 is 2.33 bits per heavy atom. The van der Waals surface area contributed by atoms with Crippen molar-refractivity contribution in [1.29, 1.82) is 0 Å². The normalized spacial score (nSPS) is 17.7. The van der Waals surface area contributed by atoms with Crippen LogP contribution in [0.4, 0.5) is 0 Å². The van der Waals surface area contributed by atoms with Crippen molar-refractivity contribution in [2.75, 3.05) is 26.2 Å². The smallest absolute Gasteiger partial charge is 0.125 e. The Morgan fingerprint density at radius 1 is 1.10 bits per heavy atom. The van der Waals surface area contributed by atoms with Gasteiger partial charge in [0.1, 0.15) is 5.75 Å². The van der Waals surface area contributed by atoms with Crippen LogP contribution in [0.25, 0.3) is 0 Å². The maximum Gasteiger partial charge on any atom is 0.125 e. The molecule has 0 aromatic heterocycles. The third-order valence-corrected chi connectivity index (χ3v) is 4.70. The summed E-state index contributed by atoms with van der Waals surface area (Å²) in [4.78, 5) is 5.06. The molecule has 1 fully saturated rings. The molecule has 4 heteroatoms. The van der Waals surface area contributed by atoms with Crippen LogP contribution in [0.2, 0.25) is 0 Å². The van der Waals surface area contributed by atoms with Crippen molar-refractivity contribution < 1.29 is 4.74 Å². The van der Waals surface area contributed by atoms with E-state index in [1.807, 2.05) is 6.07 Å². The summed E-state index contributed by atoms with van der Waals surface area (Å²) in [6.07, 6.45) is 0.204. The van der Waals surface area contributed by atoms with E-state index < -0.39 is 0 Å². The number of hydrogen-bond donors (Lipinski definition) is 0. The SMILES string of the molecule is CC(C)Oc1cccc(Br)c1CN1CCN(C(C)C)CC1. The quantitative estimate of drug-likeness (QED) is 0.800. The monoisotopic (exact) mass is 354 g/mol. The standard InChI is InChI=1S/C17H27BrN2O/c1-13(2)20-10-8-19(9-11-20)12-15-16(18)6-5-7-17(15)21-14(3)4/h5-7,13-14H,8-12H2,1-4H3. The third-order valence-electron chi connectivity index (χ3n) is 3.96. The predicted molar refractivity (Wildman–Crippen MR) is 91.9 cm³/mol. The number of rotatable bonds is 5. The summed E-state index contributed by atoms with van der Waals surface area (Å²) in [5, 5.41) is 0. The number of piperazine rings is 1. The molecule has 118 valence electrons. The lowest BCUT2D eigenvalue weighted by Gasteiger charge is -2.37. The number of nitrogens with zero attached hydrogens (tertiary/aromatic N) is 2. The minimum atomic E-state index is 0.204. The van der Waals surface area contributed by atoms with E-state index in [4.69, 9.17) is 4.74 Å². The minimum absolute atomic E-state index is 0.204. The summed E-state index contributed by atoms with van der Waals surface area (Å²) in [6.45, 7) is 14.2. The fraction of sp³-hybridized carbons (Fsp3) is 0.647. The van der Waals surface area contributed by atoms with E-state index in [9.17, 15) is 0 Å². The lowest BCUT2D eigenvalue weighted by atomic mass is 10.1. The minimum Gasteiger partial charge on any atom is -0.491 e.